The van der Waals surface area contributed by atoms with E-state index in [1.165, 1.54) is 5.56 Å². The lowest BCUT2D eigenvalue weighted by Crippen LogP contribution is -2.14. The number of nitrogens with zero attached hydrogens (tertiary/aromatic N) is 2. The van der Waals surface area contributed by atoms with Crippen LogP contribution in [0, 0.1) is 6.92 Å². The topological polar surface area (TPSA) is 29.9 Å². The van der Waals surface area contributed by atoms with Crippen LogP contribution in [0.1, 0.15) is 24.6 Å². The Morgan fingerprint density at radius 1 is 1.33 bits per heavy atom. The molecule has 0 spiro atoms. The zero-order valence-corrected chi connectivity index (χ0v) is 11.5. The third-order valence-electron chi connectivity index (χ3n) is 2.93. The number of aromatic nitrogens is 2. The molecule has 3 nitrogen and oxygen atoms in total. The molecular weight excluding hydrogens is 246 g/mol. The Bertz CT molecular complexity index is 520. The van der Waals surface area contributed by atoms with Gasteiger partial charge in [0.15, 0.2) is 0 Å². The largest absolute Gasteiger partial charge is 0.313 e. The number of benzene rings is 1. The smallest absolute Gasteiger partial charge is 0.0834 e. The van der Waals surface area contributed by atoms with Crippen LogP contribution in [0.25, 0.3) is 5.69 Å². The lowest BCUT2D eigenvalue weighted by atomic mass is 10.2. The second-order valence-electron chi connectivity index (χ2n) is 4.30. The standard InChI is InChI=1S/C14H18ClN3/c1-3-8-16-9-12-10-17-18(11(12)2)14-7-5-4-6-13(14)15/h4-7,10,16H,3,8-9H2,1-2H3. The van der Waals surface area contributed by atoms with E-state index in [9.17, 15) is 0 Å². The number of halogens is 1. The van der Waals surface area contributed by atoms with Crippen molar-refractivity contribution in [2.75, 3.05) is 6.54 Å². The van der Waals surface area contributed by atoms with Crippen molar-refractivity contribution >= 4 is 11.6 Å². The first kappa shape index (κ1) is 13.1. The van der Waals surface area contributed by atoms with Gasteiger partial charge in [-0.05, 0) is 32.0 Å². The van der Waals surface area contributed by atoms with Gasteiger partial charge in [0, 0.05) is 17.8 Å². The van der Waals surface area contributed by atoms with E-state index in [0.717, 1.165) is 35.9 Å². The van der Waals surface area contributed by atoms with Gasteiger partial charge < -0.3 is 5.32 Å². The van der Waals surface area contributed by atoms with E-state index in [0.29, 0.717) is 0 Å². The van der Waals surface area contributed by atoms with Gasteiger partial charge in [-0.3, -0.25) is 0 Å². The Morgan fingerprint density at radius 2 is 2.11 bits per heavy atom. The van der Waals surface area contributed by atoms with Crippen LogP contribution < -0.4 is 5.32 Å². The Kier molecular flexibility index (Phi) is 4.39. The number of para-hydroxylation sites is 1. The predicted molar refractivity (Wildman–Crippen MR) is 75.3 cm³/mol. The lowest BCUT2D eigenvalue weighted by molar-refractivity contribution is 0.672. The van der Waals surface area contributed by atoms with Gasteiger partial charge in [0.1, 0.15) is 0 Å². The number of hydrogen-bond acceptors (Lipinski definition) is 2. The summed E-state index contributed by atoms with van der Waals surface area (Å²) in [5.74, 6) is 0. The minimum absolute atomic E-state index is 0.719. The molecule has 2 aromatic rings. The van der Waals surface area contributed by atoms with Crippen molar-refractivity contribution in [3.63, 3.8) is 0 Å². The van der Waals surface area contributed by atoms with Crippen molar-refractivity contribution in [2.45, 2.75) is 26.8 Å². The van der Waals surface area contributed by atoms with E-state index in [-0.39, 0.29) is 0 Å². The van der Waals surface area contributed by atoms with Crippen LogP contribution in [0.15, 0.2) is 30.5 Å². The van der Waals surface area contributed by atoms with Crippen molar-refractivity contribution in [3.05, 3.63) is 46.7 Å². The Hall–Kier alpha value is -1.32. The minimum atomic E-state index is 0.719. The van der Waals surface area contributed by atoms with Crippen LogP contribution in [0.3, 0.4) is 0 Å². The van der Waals surface area contributed by atoms with Crippen LogP contribution in [-0.4, -0.2) is 16.3 Å². The average Bonchev–Trinajstić information content (AvgIpc) is 2.72. The van der Waals surface area contributed by atoms with Crippen LogP contribution >= 0.6 is 11.6 Å². The van der Waals surface area contributed by atoms with Gasteiger partial charge in [-0.2, -0.15) is 5.10 Å². The number of nitrogens with one attached hydrogen (secondary N) is 1. The molecule has 0 atom stereocenters. The highest BCUT2D eigenvalue weighted by molar-refractivity contribution is 6.32. The van der Waals surface area contributed by atoms with Gasteiger partial charge in [-0.15, -0.1) is 0 Å². The summed E-state index contributed by atoms with van der Waals surface area (Å²) in [5.41, 5.74) is 3.27. The first-order valence-electron chi connectivity index (χ1n) is 6.23. The van der Waals surface area contributed by atoms with E-state index in [4.69, 9.17) is 11.6 Å². The highest BCUT2D eigenvalue weighted by Crippen LogP contribution is 2.21. The number of rotatable bonds is 5. The maximum absolute atomic E-state index is 6.19. The monoisotopic (exact) mass is 263 g/mol. The fourth-order valence-corrected chi connectivity index (χ4v) is 2.10. The molecule has 0 unspecified atom stereocenters. The maximum atomic E-state index is 6.19. The second-order valence-corrected chi connectivity index (χ2v) is 4.70. The quantitative estimate of drug-likeness (QED) is 0.839. The van der Waals surface area contributed by atoms with E-state index in [2.05, 4.69) is 24.3 Å². The lowest BCUT2D eigenvalue weighted by Gasteiger charge is -2.07. The van der Waals surface area contributed by atoms with Crippen molar-refractivity contribution in [2.24, 2.45) is 0 Å². The summed E-state index contributed by atoms with van der Waals surface area (Å²) in [6.07, 6.45) is 3.04. The molecule has 0 amide bonds. The van der Waals surface area contributed by atoms with E-state index in [1.54, 1.807) is 0 Å². The van der Waals surface area contributed by atoms with Crippen molar-refractivity contribution in [3.8, 4) is 5.69 Å². The first-order valence-corrected chi connectivity index (χ1v) is 6.61. The Labute approximate surface area is 113 Å². The Morgan fingerprint density at radius 3 is 2.83 bits per heavy atom. The highest BCUT2D eigenvalue weighted by atomic mass is 35.5. The van der Waals surface area contributed by atoms with Gasteiger partial charge in [0.2, 0.25) is 0 Å². The highest BCUT2D eigenvalue weighted by Gasteiger charge is 2.09. The molecule has 0 aliphatic heterocycles. The molecule has 0 aliphatic carbocycles. The Balaban J connectivity index is 2.23. The summed E-state index contributed by atoms with van der Waals surface area (Å²) in [6, 6.07) is 7.75. The fourth-order valence-electron chi connectivity index (χ4n) is 1.88. The molecule has 1 N–H and O–H groups in total. The van der Waals surface area contributed by atoms with Crippen LogP contribution in [0.2, 0.25) is 5.02 Å². The molecule has 96 valence electrons. The predicted octanol–water partition coefficient (Wildman–Crippen LogP) is 3.33. The zero-order chi connectivity index (χ0) is 13.0. The first-order chi connectivity index (χ1) is 8.74. The molecule has 0 saturated carbocycles. The average molecular weight is 264 g/mol. The van der Waals surface area contributed by atoms with Gasteiger partial charge in [-0.1, -0.05) is 30.7 Å². The van der Waals surface area contributed by atoms with Crippen LogP contribution in [0.5, 0.6) is 0 Å². The van der Waals surface area contributed by atoms with Gasteiger partial charge in [0.25, 0.3) is 0 Å². The maximum Gasteiger partial charge on any atom is 0.0834 e. The second kappa shape index (κ2) is 6.03. The summed E-state index contributed by atoms with van der Waals surface area (Å²) in [6.45, 7) is 6.10. The minimum Gasteiger partial charge on any atom is -0.313 e. The van der Waals surface area contributed by atoms with Crippen molar-refractivity contribution < 1.29 is 0 Å². The van der Waals surface area contributed by atoms with Crippen LogP contribution in [0.4, 0.5) is 0 Å². The van der Waals surface area contributed by atoms with Gasteiger partial charge in [0.05, 0.1) is 16.9 Å². The van der Waals surface area contributed by atoms with Crippen LogP contribution in [-0.2, 0) is 6.54 Å². The molecule has 0 fully saturated rings. The summed E-state index contributed by atoms with van der Waals surface area (Å²) < 4.78 is 1.89. The molecule has 4 heteroatoms. The molecule has 1 heterocycles. The molecule has 0 radical (unpaired) electrons. The van der Waals surface area contributed by atoms with Crippen molar-refractivity contribution in [1.82, 2.24) is 15.1 Å². The van der Waals surface area contributed by atoms with Gasteiger partial charge >= 0.3 is 0 Å². The van der Waals surface area contributed by atoms with Gasteiger partial charge in [-0.25, -0.2) is 4.68 Å². The normalized spacial score (nSPS) is 10.8. The molecule has 0 bridgehead atoms. The SMILES string of the molecule is CCCNCc1cnn(-c2ccccc2Cl)c1C. The summed E-state index contributed by atoms with van der Waals surface area (Å²) in [7, 11) is 0. The summed E-state index contributed by atoms with van der Waals surface area (Å²) in [5, 5.41) is 8.52. The summed E-state index contributed by atoms with van der Waals surface area (Å²) >= 11 is 6.19. The van der Waals surface area contributed by atoms with E-state index >= 15 is 0 Å². The number of hydrogen-bond donors (Lipinski definition) is 1. The fraction of sp³-hybridized carbons (Fsp3) is 0.357. The third kappa shape index (κ3) is 2.74. The molecule has 0 saturated heterocycles. The molecule has 1 aromatic carbocycles. The molecule has 1 aromatic heterocycles. The molecule has 18 heavy (non-hydrogen) atoms. The molecular formula is C14H18ClN3. The summed E-state index contributed by atoms with van der Waals surface area (Å²) in [4.78, 5) is 0. The zero-order valence-electron chi connectivity index (χ0n) is 10.8. The molecule has 2 rings (SSSR count). The van der Waals surface area contributed by atoms with E-state index < -0.39 is 0 Å². The van der Waals surface area contributed by atoms with Crippen molar-refractivity contribution in [1.29, 1.82) is 0 Å². The molecule has 0 aliphatic rings. The van der Waals surface area contributed by atoms with E-state index in [1.807, 2.05) is 35.1 Å². The third-order valence-corrected chi connectivity index (χ3v) is 3.25.